The Morgan fingerprint density at radius 3 is 2.89 bits per heavy atom. The average molecular weight is 259 g/mol. The summed E-state index contributed by atoms with van der Waals surface area (Å²) in [5.41, 5.74) is 7.43. The van der Waals surface area contributed by atoms with Gasteiger partial charge in [0.2, 0.25) is 0 Å². The molecule has 1 aliphatic carbocycles. The van der Waals surface area contributed by atoms with Gasteiger partial charge in [0.25, 0.3) is 0 Å². The van der Waals surface area contributed by atoms with Crippen molar-refractivity contribution in [3.05, 3.63) is 18.2 Å². The summed E-state index contributed by atoms with van der Waals surface area (Å²) >= 11 is 0. The highest BCUT2D eigenvalue weighted by atomic mass is 16.5. The fourth-order valence-corrected chi connectivity index (χ4v) is 2.28. The maximum Gasteiger partial charge on any atom is 0.182 e. The van der Waals surface area contributed by atoms with Crippen molar-refractivity contribution in [3.8, 4) is 17.1 Å². The Bertz CT molecular complexity index is 594. The van der Waals surface area contributed by atoms with Crippen LogP contribution >= 0.6 is 0 Å². The SMILES string of the molecule is COc1ccc(-c2nnnn2CC2CC2C)cc1N. The number of benzene rings is 1. The minimum absolute atomic E-state index is 0.592. The highest BCUT2D eigenvalue weighted by Gasteiger charge is 2.33. The Morgan fingerprint density at radius 2 is 2.26 bits per heavy atom. The molecule has 1 aromatic carbocycles. The number of rotatable bonds is 4. The maximum atomic E-state index is 5.92. The fourth-order valence-electron chi connectivity index (χ4n) is 2.28. The van der Waals surface area contributed by atoms with Gasteiger partial charge in [0, 0.05) is 12.1 Å². The predicted octanol–water partition coefficient (Wildman–Crippen LogP) is 1.59. The van der Waals surface area contributed by atoms with Crippen LogP contribution in [0.1, 0.15) is 13.3 Å². The molecule has 0 spiro atoms. The second kappa shape index (κ2) is 4.53. The lowest BCUT2D eigenvalue weighted by atomic mass is 10.1. The van der Waals surface area contributed by atoms with E-state index in [9.17, 15) is 0 Å². The zero-order chi connectivity index (χ0) is 13.4. The average Bonchev–Trinajstić information content (AvgIpc) is 2.90. The Labute approximate surface area is 111 Å². The summed E-state index contributed by atoms with van der Waals surface area (Å²) in [5, 5.41) is 11.9. The number of nitrogens with two attached hydrogens (primary N) is 1. The molecule has 0 saturated heterocycles. The zero-order valence-corrected chi connectivity index (χ0v) is 11.1. The van der Waals surface area contributed by atoms with E-state index in [0.29, 0.717) is 17.4 Å². The van der Waals surface area contributed by atoms with Gasteiger partial charge in [-0.25, -0.2) is 4.68 Å². The third kappa shape index (κ3) is 2.25. The van der Waals surface area contributed by atoms with Crippen LogP contribution in [-0.4, -0.2) is 27.3 Å². The van der Waals surface area contributed by atoms with Gasteiger partial charge in [-0.15, -0.1) is 5.10 Å². The van der Waals surface area contributed by atoms with E-state index in [1.807, 2.05) is 22.9 Å². The first-order valence-corrected chi connectivity index (χ1v) is 6.39. The number of hydrogen-bond acceptors (Lipinski definition) is 5. The second-order valence-corrected chi connectivity index (χ2v) is 5.11. The molecule has 19 heavy (non-hydrogen) atoms. The van der Waals surface area contributed by atoms with E-state index < -0.39 is 0 Å². The summed E-state index contributed by atoms with van der Waals surface area (Å²) in [5.74, 6) is 2.89. The van der Waals surface area contributed by atoms with Crippen LogP contribution in [0.25, 0.3) is 11.4 Å². The highest BCUT2D eigenvalue weighted by molar-refractivity contribution is 5.66. The van der Waals surface area contributed by atoms with Gasteiger partial charge in [0.1, 0.15) is 5.75 Å². The Balaban J connectivity index is 1.89. The summed E-state index contributed by atoms with van der Waals surface area (Å²) in [6.07, 6.45) is 1.25. The Morgan fingerprint density at radius 1 is 1.47 bits per heavy atom. The normalized spacial score (nSPS) is 21.4. The molecule has 1 saturated carbocycles. The number of methoxy groups -OCH3 is 1. The maximum absolute atomic E-state index is 5.92. The van der Waals surface area contributed by atoms with Crippen LogP contribution in [0.3, 0.4) is 0 Å². The zero-order valence-electron chi connectivity index (χ0n) is 11.1. The lowest BCUT2D eigenvalue weighted by Crippen LogP contribution is -2.05. The van der Waals surface area contributed by atoms with Crippen molar-refractivity contribution >= 4 is 5.69 Å². The van der Waals surface area contributed by atoms with E-state index >= 15 is 0 Å². The Hall–Kier alpha value is -2.11. The third-order valence-electron chi connectivity index (χ3n) is 3.70. The fraction of sp³-hybridized carbons (Fsp3) is 0.462. The first kappa shape index (κ1) is 12.0. The molecule has 2 atom stereocenters. The first-order valence-electron chi connectivity index (χ1n) is 6.39. The molecule has 2 aromatic rings. The van der Waals surface area contributed by atoms with E-state index in [1.165, 1.54) is 6.42 Å². The van der Waals surface area contributed by atoms with Crippen LogP contribution in [0.4, 0.5) is 5.69 Å². The number of anilines is 1. The van der Waals surface area contributed by atoms with Crippen LogP contribution in [0.15, 0.2) is 18.2 Å². The van der Waals surface area contributed by atoms with Gasteiger partial charge in [0.15, 0.2) is 5.82 Å². The van der Waals surface area contributed by atoms with Crippen molar-refractivity contribution in [1.29, 1.82) is 0 Å². The van der Waals surface area contributed by atoms with Crippen molar-refractivity contribution in [2.75, 3.05) is 12.8 Å². The lowest BCUT2D eigenvalue weighted by Gasteiger charge is -2.07. The van der Waals surface area contributed by atoms with Crippen molar-refractivity contribution < 1.29 is 4.74 Å². The molecule has 0 amide bonds. The van der Waals surface area contributed by atoms with Gasteiger partial charge in [-0.05, 0) is 46.9 Å². The molecule has 6 nitrogen and oxygen atoms in total. The number of nitrogen functional groups attached to an aromatic ring is 1. The van der Waals surface area contributed by atoms with E-state index in [0.717, 1.165) is 23.9 Å². The van der Waals surface area contributed by atoms with Crippen LogP contribution in [0.5, 0.6) is 5.75 Å². The number of nitrogens with zero attached hydrogens (tertiary/aromatic N) is 4. The molecule has 2 unspecified atom stereocenters. The molecule has 6 heteroatoms. The molecule has 1 fully saturated rings. The number of hydrogen-bond donors (Lipinski definition) is 1. The largest absolute Gasteiger partial charge is 0.495 e. The monoisotopic (exact) mass is 259 g/mol. The van der Waals surface area contributed by atoms with Gasteiger partial charge < -0.3 is 10.5 Å². The molecule has 1 heterocycles. The van der Waals surface area contributed by atoms with Gasteiger partial charge in [-0.2, -0.15) is 0 Å². The van der Waals surface area contributed by atoms with Crippen molar-refractivity contribution in [2.24, 2.45) is 11.8 Å². The van der Waals surface area contributed by atoms with Crippen molar-refractivity contribution in [3.63, 3.8) is 0 Å². The molecule has 3 rings (SSSR count). The topological polar surface area (TPSA) is 78.9 Å². The minimum Gasteiger partial charge on any atom is -0.495 e. The highest BCUT2D eigenvalue weighted by Crippen LogP contribution is 2.39. The van der Waals surface area contributed by atoms with Crippen molar-refractivity contribution in [1.82, 2.24) is 20.2 Å². The summed E-state index contributed by atoms with van der Waals surface area (Å²) < 4.78 is 7.01. The second-order valence-electron chi connectivity index (χ2n) is 5.11. The third-order valence-corrected chi connectivity index (χ3v) is 3.70. The van der Waals surface area contributed by atoms with E-state index in [2.05, 4.69) is 22.4 Å². The predicted molar refractivity (Wildman–Crippen MR) is 71.5 cm³/mol. The van der Waals surface area contributed by atoms with E-state index in [4.69, 9.17) is 10.5 Å². The molecular weight excluding hydrogens is 242 g/mol. The van der Waals surface area contributed by atoms with Crippen LogP contribution in [0.2, 0.25) is 0 Å². The molecule has 0 radical (unpaired) electrons. The molecule has 1 aromatic heterocycles. The smallest absolute Gasteiger partial charge is 0.182 e. The van der Waals surface area contributed by atoms with Gasteiger partial charge in [-0.1, -0.05) is 6.92 Å². The lowest BCUT2D eigenvalue weighted by molar-refractivity contribution is 0.417. The molecule has 1 aliphatic rings. The molecular formula is C13H17N5O. The number of ether oxygens (including phenoxy) is 1. The van der Waals surface area contributed by atoms with Crippen molar-refractivity contribution in [2.45, 2.75) is 19.9 Å². The van der Waals surface area contributed by atoms with Gasteiger partial charge >= 0.3 is 0 Å². The summed E-state index contributed by atoms with van der Waals surface area (Å²) in [4.78, 5) is 0. The standard InChI is InChI=1S/C13H17N5O/c1-8-5-10(8)7-18-13(15-16-17-18)9-3-4-12(19-2)11(14)6-9/h3-4,6,8,10H,5,7,14H2,1-2H3. The Kier molecular flexibility index (Phi) is 2.85. The van der Waals surface area contributed by atoms with E-state index in [-0.39, 0.29) is 0 Å². The summed E-state index contributed by atoms with van der Waals surface area (Å²) in [6.45, 7) is 3.12. The van der Waals surface area contributed by atoms with Crippen LogP contribution in [-0.2, 0) is 6.54 Å². The first-order chi connectivity index (χ1) is 9.19. The molecule has 0 aliphatic heterocycles. The van der Waals surface area contributed by atoms with Crippen LogP contribution < -0.4 is 10.5 Å². The van der Waals surface area contributed by atoms with E-state index in [1.54, 1.807) is 7.11 Å². The molecule has 0 bridgehead atoms. The summed E-state index contributed by atoms with van der Waals surface area (Å²) in [7, 11) is 1.60. The molecule has 100 valence electrons. The quantitative estimate of drug-likeness (QED) is 0.843. The molecule has 2 N–H and O–H groups in total. The minimum atomic E-state index is 0.592. The summed E-state index contributed by atoms with van der Waals surface area (Å²) in [6, 6.07) is 5.61. The number of tetrazole rings is 1. The van der Waals surface area contributed by atoms with Gasteiger partial charge in [0.05, 0.1) is 12.8 Å². The van der Waals surface area contributed by atoms with Gasteiger partial charge in [-0.3, -0.25) is 0 Å². The number of aromatic nitrogens is 4. The van der Waals surface area contributed by atoms with Crippen LogP contribution in [0, 0.1) is 11.8 Å².